The molecule has 0 bridgehead atoms. The molecule has 1 atom stereocenters. The number of halogens is 4. The molecule has 2 aromatic heterocycles. The van der Waals surface area contributed by atoms with Gasteiger partial charge >= 0.3 is 6.18 Å². The fourth-order valence-corrected chi connectivity index (χ4v) is 3.14. The summed E-state index contributed by atoms with van der Waals surface area (Å²) in [6, 6.07) is 6.43. The molecule has 8 heteroatoms. The van der Waals surface area contributed by atoms with Gasteiger partial charge in [0.15, 0.2) is 5.69 Å². The molecule has 0 aliphatic heterocycles. The first-order valence-electron chi connectivity index (χ1n) is 8.06. The molecule has 140 valence electrons. The van der Waals surface area contributed by atoms with Gasteiger partial charge in [-0.3, -0.25) is 0 Å². The van der Waals surface area contributed by atoms with Crippen molar-refractivity contribution in [2.75, 3.05) is 6.61 Å². The highest BCUT2D eigenvalue weighted by molar-refractivity contribution is 5.90. The molecule has 3 aromatic rings. The van der Waals surface area contributed by atoms with Crippen LogP contribution in [-0.4, -0.2) is 16.2 Å². The van der Waals surface area contributed by atoms with E-state index >= 15 is 0 Å². The lowest BCUT2D eigenvalue weighted by atomic mass is 10.1. The summed E-state index contributed by atoms with van der Waals surface area (Å²) < 4.78 is 60.6. The van der Waals surface area contributed by atoms with Gasteiger partial charge in [0, 0.05) is 16.6 Å². The Bertz CT molecular complexity index is 1020. The van der Waals surface area contributed by atoms with Crippen molar-refractivity contribution in [2.24, 2.45) is 0 Å². The number of nitrogens with zero attached hydrogens (tertiary/aromatic N) is 3. The number of fused-ring (bicyclic) bond motifs is 1. The normalized spacial score (nSPS) is 12.8. The minimum absolute atomic E-state index is 0.0104. The number of hydrogen-bond acceptors (Lipinski definition) is 2. The van der Waals surface area contributed by atoms with Gasteiger partial charge in [-0.2, -0.15) is 17.6 Å². The molecule has 0 radical (unpaired) electrons. The van der Waals surface area contributed by atoms with E-state index < -0.39 is 23.4 Å². The smallest absolute Gasteiger partial charge is 0.408 e. The fraction of sp³-hybridized carbons (Fsp3) is 0.263. The first-order valence-corrected chi connectivity index (χ1v) is 8.06. The number of rotatable bonds is 4. The van der Waals surface area contributed by atoms with Crippen molar-refractivity contribution in [2.45, 2.75) is 26.1 Å². The van der Waals surface area contributed by atoms with Crippen LogP contribution in [0.15, 0.2) is 36.5 Å². The predicted molar refractivity (Wildman–Crippen MR) is 92.3 cm³/mol. The van der Waals surface area contributed by atoms with Crippen LogP contribution in [0.4, 0.5) is 23.2 Å². The summed E-state index contributed by atoms with van der Waals surface area (Å²) in [6.45, 7) is 10.7. The van der Waals surface area contributed by atoms with E-state index in [1.54, 1.807) is 18.4 Å². The Balaban J connectivity index is 1.98. The van der Waals surface area contributed by atoms with Crippen LogP contribution in [-0.2, 0) is 6.18 Å². The Morgan fingerprint density at radius 1 is 1.26 bits per heavy atom. The Morgan fingerprint density at radius 2 is 2.00 bits per heavy atom. The number of alkyl halides is 3. The molecule has 0 fully saturated rings. The summed E-state index contributed by atoms with van der Waals surface area (Å²) in [4.78, 5) is 6.51. The van der Waals surface area contributed by atoms with Crippen molar-refractivity contribution in [3.63, 3.8) is 0 Å². The molecule has 0 aliphatic rings. The van der Waals surface area contributed by atoms with E-state index in [2.05, 4.69) is 9.83 Å². The SMILES string of the molecule is [C-]#[N+]c1ccc2c(cc(C)n2[C@H](C)COc2ccc(F)nc2)c1C(F)(F)F. The number of ether oxygens (including phenoxy) is 1. The minimum atomic E-state index is -4.63. The Labute approximate surface area is 152 Å². The molecular weight excluding hydrogens is 362 g/mol. The second-order valence-electron chi connectivity index (χ2n) is 6.13. The van der Waals surface area contributed by atoms with E-state index in [1.165, 1.54) is 30.5 Å². The maximum atomic E-state index is 13.5. The van der Waals surface area contributed by atoms with Crippen LogP contribution < -0.4 is 4.74 Å². The zero-order valence-electron chi connectivity index (χ0n) is 14.5. The zero-order chi connectivity index (χ0) is 19.8. The number of aryl methyl sites for hydroxylation is 1. The Hall–Kier alpha value is -3.08. The number of pyridine rings is 1. The summed E-state index contributed by atoms with van der Waals surface area (Å²) in [5, 5.41) is -0.0104. The first kappa shape index (κ1) is 18.7. The van der Waals surface area contributed by atoms with E-state index in [0.29, 0.717) is 17.0 Å². The Morgan fingerprint density at radius 3 is 2.59 bits per heavy atom. The summed E-state index contributed by atoms with van der Waals surface area (Å²) in [5.41, 5.74) is -0.354. The molecule has 0 saturated heterocycles. The van der Waals surface area contributed by atoms with Crippen molar-refractivity contribution in [3.8, 4) is 5.75 Å². The molecule has 27 heavy (non-hydrogen) atoms. The molecule has 1 aromatic carbocycles. The average molecular weight is 377 g/mol. The van der Waals surface area contributed by atoms with Crippen molar-refractivity contribution in [1.82, 2.24) is 9.55 Å². The third-order valence-corrected chi connectivity index (χ3v) is 4.23. The maximum Gasteiger partial charge on any atom is 0.408 e. The van der Waals surface area contributed by atoms with Gasteiger partial charge in [-0.1, -0.05) is 6.07 Å². The third kappa shape index (κ3) is 3.58. The highest BCUT2D eigenvalue weighted by atomic mass is 19.4. The van der Waals surface area contributed by atoms with Crippen molar-refractivity contribution in [1.29, 1.82) is 0 Å². The van der Waals surface area contributed by atoms with Gasteiger partial charge in [-0.15, -0.1) is 0 Å². The van der Waals surface area contributed by atoms with Crippen LogP contribution in [0.3, 0.4) is 0 Å². The summed E-state index contributed by atoms with van der Waals surface area (Å²) in [5.74, 6) is -0.262. The second kappa shape index (κ2) is 6.91. The first-order chi connectivity index (χ1) is 12.7. The third-order valence-electron chi connectivity index (χ3n) is 4.23. The highest BCUT2D eigenvalue weighted by Crippen LogP contribution is 2.42. The molecular formula is C19H15F4N3O. The zero-order valence-corrected chi connectivity index (χ0v) is 14.5. The van der Waals surface area contributed by atoms with Crippen LogP contribution >= 0.6 is 0 Å². The standard InChI is InChI=1S/C19H15F4N3O/c1-11-8-14-16(6-5-15(24-3)18(14)19(21,22)23)26(11)12(2)10-27-13-4-7-17(20)25-9-13/h4-9,12H,10H2,1-2H3/t12-/m1/s1. The molecule has 4 nitrogen and oxygen atoms in total. The molecule has 3 rings (SSSR count). The van der Waals surface area contributed by atoms with Crippen LogP contribution in [0, 0.1) is 19.4 Å². The monoisotopic (exact) mass is 377 g/mol. The van der Waals surface area contributed by atoms with Crippen LogP contribution in [0.5, 0.6) is 5.75 Å². The van der Waals surface area contributed by atoms with Gasteiger partial charge in [0.25, 0.3) is 0 Å². The number of aromatic nitrogens is 2. The van der Waals surface area contributed by atoms with Gasteiger partial charge in [0.05, 0.1) is 24.4 Å². The summed E-state index contributed by atoms with van der Waals surface area (Å²) >= 11 is 0. The summed E-state index contributed by atoms with van der Waals surface area (Å²) in [6.07, 6.45) is -3.38. The number of hydrogen-bond donors (Lipinski definition) is 0. The second-order valence-corrected chi connectivity index (χ2v) is 6.13. The lowest BCUT2D eigenvalue weighted by Gasteiger charge is -2.19. The van der Waals surface area contributed by atoms with E-state index in [9.17, 15) is 17.6 Å². The van der Waals surface area contributed by atoms with E-state index in [-0.39, 0.29) is 18.0 Å². The molecule has 0 amide bonds. The van der Waals surface area contributed by atoms with Gasteiger partial charge in [0.1, 0.15) is 12.4 Å². The van der Waals surface area contributed by atoms with Crippen LogP contribution in [0.1, 0.15) is 24.2 Å². The number of benzene rings is 1. The summed E-state index contributed by atoms with van der Waals surface area (Å²) in [7, 11) is 0. The Kier molecular flexibility index (Phi) is 4.79. The molecule has 0 saturated carbocycles. The lowest BCUT2D eigenvalue weighted by molar-refractivity contribution is -0.135. The minimum Gasteiger partial charge on any atom is -0.490 e. The predicted octanol–water partition coefficient (Wildman–Crippen LogP) is 5.69. The van der Waals surface area contributed by atoms with Crippen molar-refractivity contribution in [3.05, 3.63) is 65.2 Å². The topological polar surface area (TPSA) is 31.4 Å². The van der Waals surface area contributed by atoms with Gasteiger partial charge in [-0.05, 0) is 38.1 Å². The fourth-order valence-electron chi connectivity index (χ4n) is 3.14. The van der Waals surface area contributed by atoms with Gasteiger partial charge in [0.2, 0.25) is 5.95 Å². The molecule has 0 N–H and O–H groups in total. The van der Waals surface area contributed by atoms with Gasteiger partial charge < -0.3 is 9.30 Å². The maximum absolute atomic E-state index is 13.5. The van der Waals surface area contributed by atoms with E-state index in [1.807, 2.05) is 0 Å². The van der Waals surface area contributed by atoms with Crippen LogP contribution in [0.2, 0.25) is 0 Å². The lowest BCUT2D eigenvalue weighted by Crippen LogP contribution is -2.15. The molecule has 0 aliphatic carbocycles. The van der Waals surface area contributed by atoms with Gasteiger partial charge in [-0.25, -0.2) is 9.83 Å². The quantitative estimate of drug-likeness (QED) is 0.332. The average Bonchev–Trinajstić information content (AvgIpc) is 2.94. The van der Waals surface area contributed by atoms with Crippen molar-refractivity contribution >= 4 is 16.6 Å². The van der Waals surface area contributed by atoms with E-state index in [0.717, 1.165) is 6.07 Å². The molecule has 0 spiro atoms. The molecule has 2 heterocycles. The highest BCUT2D eigenvalue weighted by Gasteiger charge is 2.36. The van der Waals surface area contributed by atoms with Crippen molar-refractivity contribution < 1.29 is 22.3 Å². The van der Waals surface area contributed by atoms with Crippen LogP contribution in [0.25, 0.3) is 15.7 Å². The van der Waals surface area contributed by atoms with E-state index in [4.69, 9.17) is 11.3 Å². The molecule has 0 unspecified atom stereocenters. The largest absolute Gasteiger partial charge is 0.490 e.